The number of unbranched alkanes of at least 4 members (excludes halogenated alkanes) is 32. The van der Waals surface area contributed by atoms with Gasteiger partial charge in [-0.2, -0.15) is 0 Å². The first-order chi connectivity index (χ1) is 28.7. The van der Waals surface area contributed by atoms with Crippen molar-refractivity contribution in [3.8, 4) is 0 Å². The lowest BCUT2D eigenvalue weighted by atomic mass is 10.0. The van der Waals surface area contributed by atoms with E-state index in [1.165, 1.54) is 180 Å². The van der Waals surface area contributed by atoms with Crippen LogP contribution in [0.25, 0.3) is 0 Å². The van der Waals surface area contributed by atoms with E-state index in [4.69, 9.17) is 14.2 Å². The minimum atomic E-state index is -0.762. The molecule has 0 heterocycles. The van der Waals surface area contributed by atoms with Crippen LogP contribution >= 0.6 is 0 Å². The maximum Gasteiger partial charge on any atom is 0.306 e. The number of rotatable bonds is 47. The van der Waals surface area contributed by atoms with Gasteiger partial charge in [0.05, 0.1) is 0 Å². The van der Waals surface area contributed by atoms with Crippen LogP contribution in [0.5, 0.6) is 0 Å². The molecule has 0 aliphatic heterocycles. The lowest BCUT2D eigenvalue weighted by Crippen LogP contribution is -2.30. The molecule has 0 saturated carbocycles. The van der Waals surface area contributed by atoms with Gasteiger partial charge in [0.2, 0.25) is 0 Å². The molecule has 59 heavy (non-hydrogen) atoms. The summed E-state index contributed by atoms with van der Waals surface area (Å²) in [7, 11) is 0. The van der Waals surface area contributed by atoms with Crippen molar-refractivity contribution in [1.82, 2.24) is 0 Å². The van der Waals surface area contributed by atoms with Gasteiger partial charge in [0, 0.05) is 19.3 Å². The summed E-state index contributed by atoms with van der Waals surface area (Å²) in [4.78, 5) is 37.9. The molecule has 0 rings (SSSR count). The number of carbonyl (C=O) groups is 3. The van der Waals surface area contributed by atoms with E-state index in [1.54, 1.807) is 0 Å². The molecule has 6 heteroatoms. The molecule has 1 atom stereocenters. The Kier molecular flexibility index (Phi) is 44.7. The Morgan fingerprint density at radius 2 is 0.559 bits per heavy atom. The lowest BCUT2D eigenvalue weighted by Gasteiger charge is -2.18. The van der Waals surface area contributed by atoms with Gasteiger partial charge in [0.1, 0.15) is 13.2 Å². The van der Waals surface area contributed by atoms with E-state index in [2.05, 4.69) is 34.6 Å². The van der Waals surface area contributed by atoms with E-state index in [1.807, 2.05) is 0 Å². The third-order valence-electron chi connectivity index (χ3n) is 12.0. The first kappa shape index (κ1) is 57.4. The van der Waals surface area contributed by atoms with Gasteiger partial charge < -0.3 is 14.2 Å². The molecule has 0 aromatic carbocycles. The summed E-state index contributed by atoms with van der Waals surface area (Å²) < 4.78 is 16.8. The Labute approximate surface area is 368 Å². The van der Waals surface area contributed by atoms with Crippen molar-refractivity contribution in [2.75, 3.05) is 13.2 Å². The van der Waals surface area contributed by atoms with Gasteiger partial charge in [-0.05, 0) is 31.1 Å². The zero-order valence-corrected chi connectivity index (χ0v) is 40.4. The Balaban J connectivity index is 4.30. The van der Waals surface area contributed by atoms with Crippen LogP contribution in [0, 0.1) is 11.8 Å². The average molecular weight is 835 g/mol. The molecule has 0 aliphatic carbocycles. The topological polar surface area (TPSA) is 78.9 Å². The molecule has 0 radical (unpaired) electrons. The molecule has 0 bridgehead atoms. The SMILES string of the molecule is CCCCCCCCCCCCCCCCCC(=O)O[C@H](COC(=O)CCCCCCCCCCCCCCC(C)C)COC(=O)CCCCCCCCCCC(C)C. The first-order valence-electron chi connectivity index (χ1n) is 26.2. The van der Waals surface area contributed by atoms with E-state index in [-0.39, 0.29) is 31.1 Å². The largest absolute Gasteiger partial charge is 0.462 e. The summed E-state index contributed by atoms with van der Waals surface area (Å²) in [5, 5.41) is 0. The highest BCUT2D eigenvalue weighted by Crippen LogP contribution is 2.17. The summed E-state index contributed by atoms with van der Waals surface area (Å²) in [5.41, 5.74) is 0. The van der Waals surface area contributed by atoms with E-state index in [9.17, 15) is 14.4 Å². The molecule has 0 aromatic heterocycles. The number of hydrogen-bond donors (Lipinski definition) is 0. The van der Waals surface area contributed by atoms with Crippen molar-refractivity contribution in [1.29, 1.82) is 0 Å². The highest BCUT2D eigenvalue weighted by molar-refractivity contribution is 5.71. The Bertz CT molecular complexity index is 900. The predicted molar refractivity (Wildman–Crippen MR) is 252 cm³/mol. The fourth-order valence-electron chi connectivity index (χ4n) is 7.99. The summed E-state index contributed by atoms with van der Waals surface area (Å²) in [6, 6.07) is 0. The Morgan fingerprint density at radius 1 is 0.322 bits per heavy atom. The fraction of sp³-hybridized carbons (Fsp3) is 0.943. The number of carbonyl (C=O) groups excluding carboxylic acids is 3. The normalized spacial score (nSPS) is 12.1. The van der Waals surface area contributed by atoms with Crippen LogP contribution in [-0.2, 0) is 28.6 Å². The molecule has 0 amide bonds. The lowest BCUT2D eigenvalue weighted by molar-refractivity contribution is -0.167. The standard InChI is InChI=1S/C53H102O6/c1-6-7-8-9-10-11-12-13-14-15-20-23-30-35-40-45-53(56)59-50(47-58-52(55)44-39-34-29-25-24-27-32-37-42-49(4)5)46-57-51(54)43-38-33-28-22-19-17-16-18-21-26-31-36-41-48(2)3/h48-50H,6-47H2,1-5H3/t50-/m1/s1. The van der Waals surface area contributed by atoms with Gasteiger partial charge in [0.25, 0.3) is 0 Å². The zero-order chi connectivity index (χ0) is 43.3. The summed E-state index contributed by atoms with van der Waals surface area (Å²) in [6.07, 6.45) is 46.6. The molecule has 6 nitrogen and oxygen atoms in total. The van der Waals surface area contributed by atoms with E-state index >= 15 is 0 Å². The Morgan fingerprint density at radius 3 is 0.831 bits per heavy atom. The first-order valence-corrected chi connectivity index (χ1v) is 26.2. The molecule has 0 aromatic rings. The molecular formula is C53H102O6. The molecule has 350 valence electrons. The van der Waals surface area contributed by atoms with Crippen LogP contribution in [0.3, 0.4) is 0 Å². The summed E-state index contributed by atoms with van der Waals surface area (Å²) >= 11 is 0. The fourth-order valence-corrected chi connectivity index (χ4v) is 7.99. The molecular weight excluding hydrogens is 733 g/mol. The minimum absolute atomic E-state index is 0.0639. The van der Waals surface area contributed by atoms with Crippen molar-refractivity contribution in [2.24, 2.45) is 11.8 Å². The number of hydrogen-bond acceptors (Lipinski definition) is 6. The maximum absolute atomic E-state index is 12.8. The van der Waals surface area contributed by atoms with Crippen LogP contribution in [0.15, 0.2) is 0 Å². The van der Waals surface area contributed by atoms with Gasteiger partial charge in [-0.25, -0.2) is 0 Å². The van der Waals surface area contributed by atoms with Crippen molar-refractivity contribution < 1.29 is 28.6 Å². The third-order valence-corrected chi connectivity index (χ3v) is 12.0. The van der Waals surface area contributed by atoms with Crippen LogP contribution in [0.4, 0.5) is 0 Å². The molecule has 0 aliphatic rings. The monoisotopic (exact) mass is 835 g/mol. The molecule has 0 unspecified atom stereocenters. The smallest absolute Gasteiger partial charge is 0.306 e. The second-order valence-corrected chi connectivity index (χ2v) is 19.1. The van der Waals surface area contributed by atoms with Crippen molar-refractivity contribution in [3.05, 3.63) is 0 Å². The third kappa shape index (κ3) is 47.3. The van der Waals surface area contributed by atoms with Crippen LogP contribution < -0.4 is 0 Å². The van der Waals surface area contributed by atoms with E-state index in [0.717, 1.165) is 69.6 Å². The maximum atomic E-state index is 12.8. The molecule has 0 spiro atoms. The van der Waals surface area contributed by atoms with Crippen molar-refractivity contribution in [3.63, 3.8) is 0 Å². The second-order valence-electron chi connectivity index (χ2n) is 19.1. The number of esters is 3. The average Bonchev–Trinajstić information content (AvgIpc) is 3.20. The van der Waals surface area contributed by atoms with Crippen LogP contribution in [0.1, 0.15) is 291 Å². The van der Waals surface area contributed by atoms with Gasteiger partial charge in [-0.3, -0.25) is 14.4 Å². The summed E-state index contributed by atoms with van der Waals surface area (Å²) in [5.74, 6) is 0.782. The quantitative estimate of drug-likeness (QED) is 0.0345. The highest BCUT2D eigenvalue weighted by atomic mass is 16.6. The van der Waals surface area contributed by atoms with Crippen molar-refractivity contribution in [2.45, 2.75) is 298 Å². The minimum Gasteiger partial charge on any atom is -0.462 e. The van der Waals surface area contributed by atoms with E-state index < -0.39 is 6.10 Å². The summed E-state index contributed by atoms with van der Waals surface area (Å²) in [6.45, 7) is 11.3. The molecule has 0 N–H and O–H groups in total. The van der Waals surface area contributed by atoms with Crippen LogP contribution in [0.2, 0.25) is 0 Å². The second kappa shape index (κ2) is 45.9. The van der Waals surface area contributed by atoms with Gasteiger partial charge in [0.15, 0.2) is 6.10 Å². The van der Waals surface area contributed by atoms with Crippen molar-refractivity contribution >= 4 is 17.9 Å². The van der Waals surface area contributed by atoms with Gasteiger partial charge in [-0.1, -0.05) is 253 Å². The van der Waals surface area contributed by atoms with E-state index in [0.29, 0.717) is 19.3 Å². The number of ether oxygens (including phenoxy) is 3. The zero-order valence-electron chi connectivity index (χ0n) is 40.4. The van der Waals surface area contributed by atoms with Gasteiger partial charge >= 0.3 is 17.9 Å². The Hall–Kier alpha value is -1.59. The van der Waals surface area contributed by atoms with Crippen LogP contribution in [-0.4, -0.2) is 37.2 Å². The highest BCUT2D eigenvalue weighted by Gasteiger charge is 2.19. The molecule has 0 fully saturated rings. The predicted octanol–water partition coefficient (Wildman–Crippen LogP) is 16.9. The molecule has 0 saturated heterocycles. The van der Waals surface area contributed by atoms with Gasteiger partial charge in [-0.15, -0.1) is 0 Å².